The average Bonchev–Trinajstić information content (AvgIpc) is 3.27. The van der Waals surface area contributed by atoms with Gasteiger partial charge in [-0.3, -0.25) is 14.5 Å². The van der Waals surface area contributed by atoms with Gasteiger partial charge in [0.1, 0.15) is 17.9 Å². The lowest BCUT2D eigenvalue weighted by molar-refractivity contribution is -0.125. The molecule has 1 fully saturated rings. The third kappa shape index (κ3) is 16.0. The first-order chi connectivity index (χ1) is 17.3. The van der Waals surface area contributed by atoms with Gasteiger partial charge in [-0.15, -0.1) is 0 Å². The number of aromatic nitrogens is 2. The van der Waals surface area contributed by atoms with Gasteiger partial charge in [-0.25, -0.2) is 9.97 Å². The van der Waals surface area contributed by atoms with Crippen molar-refractivity contribution in [1.82, 2.24) is 25.1 Å². The summed E-state index contributed by atoms with van der Waals surface area (Å²) in [6.45, 7) is 11.6. The van der Waals surface area contributed by atoms with Gasteiger partial charge < -0.3 is 15.5 Å². The van der Waals surface area contributed by atoms with E-state index in [-0.39, 0.29) is 11.9 Å². The summed E-state index contributed by atoms with van der Waals surface area (Å²) >= 11 is 0. The predicted octanol–water partition coefficient (Wildman–Crippen LogP) is 3.67. The molecule has 1 unspecified atom stereocenters. The molecule has 0 aliphatic carbocycles. The van der Waals surface area contributed by atoms with Crippen LogP contribution < -0.4 is 10.6 Å². The zero-order valence-corrected chi connectivity index (χ0v) is 23.6. The number of rotatable bonds is 10. The molecule has 0 bridgehead atoms. The van der Waals surface area contributed by atoms with Gasteiger partial charge in [-0.05, 0) is 66.4 Å². The molecule has 1 saturated heterocycles. The molecule has 36 heavy (non-hydrogen) atoms. The quantitative estimate of drug-likeness (QED) is 0.219. The number of unbranched alkanes of at least 4 members (excludes halogenated alkanes) is 1. The molecule has 0 spiro atoms. The summed E-state index contributed by atoms with van der Waals surface area (Å²) in [5.74, 6) is 7.99. The van der Waals surface area contributed by atoms with Gasteiger partial charge in [-0.2, -0.15) is 0 Å². The van der Waals surface area contributed by atoms with Gasteiger partial charge in [0, 0.05) is 32.3 Å². The van der Waals surface area contributed by atoms with Crippen LogP contribution >= 0.6 is 0 Å². The maximum atomic E-state index is 12.1. The van der Waals surface area contributed by atoms with Gasteiger partial charge in [0.05, 0.1) is 11.6 Å². The summed E-state index contributed by atoms with van der Waals surface area (Å²) in [6.07, 6.45) is 11.8. The first kappa shape index (κ1) is 33.2. The van der Waals surface area contributed by atoms with E-state index in [4.69, 9.17) is 0 Å². The lowest BCUT2D eigenvalue weighted by Gasteiger charge is -2.18. The average molecular weight is 501 g/mol. The van der Waals surface area contributed by atoms with Crippen LogP contribution in [0.5, 0.6) is 0 Å². The number of aldehydes is 1. The number of nitrogens with zero attached hydrogens (tertiary/aromatic N) is 4. The van der Waals surface area contributed by atoms with E-state index in [1.807, 2.05) is 39.0 Å². The highest BCUT2D eigenvalue weighted by molar-refractivity contribution is 5.81. The monoisotopic (exact) mass is 500 g/mol. The lowest BCUT2D eigenvalue weighted by atomic mass is 10.2. The van der Waals surface area contributed by atoms with Crippen molar-refractivity contribution in [3.63, 3.8) is 0 Å². The van der Waals surface area contributed by atoms with Gasteiger partial charge in [0.2, 0.25) is 5.91 Å². The standard InChI is InChI=1S/C19H29N5O.C6H11NO.C3H8/c1-4-11-20-18-16(14-22-15(2)23-18)9-6-5-7-12-21-19(25)17-10-8-13-24(17)3;1-7(2)5-3-4-6-8;1-3-2/h14,17H,4-5,7-8,10-13H2,1-3H3,(H,21,25)(H,20,22,23);3-4,6H,5H2,1-2H3;3H2,1-2H3/b;4-3+;. The van der Waals surface area contributed by atoms with Crippen molar-refractivity contribution in [2.45, 2.75) is 72.3 Å². The molecule has 8 heteroatoms. The van der Waals surface area contributed by atoms with Crippen LogP contribution in [0.1, 0.15) is 70.7 Å². The van der Waals surface area contributed by atoms with E-state index in [1.54, 1.807) is 6.20 Å². The first-order valence-electron chi connectivity index (χ1n) is 13.1. The second-order valence-corrected chi connectivity index (χ2v) is 8.97. The molecular formula is C28H48N6O2. The third-order valence-corrected chi connectivity index (χ3v) is 4.96. The zero-order valence-electron chi connectivity index (χ0n) is 23.6. The van der Waals surface area contributed by atoms with Gasteiger partial charge in [0.15, 0.2) is 0 Å². The summed E-state index contributed by atoms with van der Waals surface area (Å²) in [4.78, 5) is 34.5. The highest BCUT2D eigenvalue weighted by Gasteiger charge is 2.26. The Labute approximate surface area is 219 Å². The van der Waals surface area contributed by atoms with E-state index in [0.717, 1.165) is 75.2 Å². The molecule has 202 valence electrons. The fourth-order valence-electron chi connectivity index (χ4n) is 3.17. The van der Waals surface area contributed by atoms with E-state index in [2.05, 4.69) is 58.1 Å². The fraction of sp³-hybridized carbons (Fsp3) is 0.643. The molecule has 0 radical (unpaired) electrons. The Bertz CT molecular complexity index is 829. The Hall–Kier alpha value is -2.76. The molecular weight excluding hydrogens is 452 g/mol. The first-order valence-corrected chi connectivity index (χ1v) is 13.1. The molecule has 1 aromatic rings. The minimum Gasteiger partial charge on any atom is -0.369 e. The van der Waals surface area contributed by atoms with Crippen LogP contribution in [0.3, 0.4) is 0 Å². The predicted molar refractivity (Wildman–Crippen MR) is 150 cm³/mol. The van der Waals surface area contributed by atoms with Crippen LogP contribution in [0.2, 0.25) is 0 Å². The van der Waals surface area contributed by atoms with Gasteiger partial charge in [0.25, 0.3) is 0 Å². The van der Waals surface area contributed by atoms with Crippen LogP contribution in [0, 0.1) is 18.8 Å². The Morgan fingerprint density at radius 1 is 1.28 bits per heavy atom. The summed E-state index contributed by atoms with van der Waals surface area (Å²) in [7, 11) is 5.92. The van der Waals surface area contributed by atoms with Crippen molar-refractivity contribution in [2.24, 2.45) is 0 Å². The Morgan fingerprint density at radius 2 is 2.00 bits per heavy atom. The SMILES string of the molecule is CCC.CCCNc1nc(C)ncc1C#CCCCNC(=O)C1CCCN1C.CN(C)C/C=C/C=O. The van der Waals surface area contributed by atoms with Crippen molar-refractivity contribution < 1.29 is 9.59 Å². The number of allylic oxidation sites excluding steroid dienone is 1. The molecule has 1 aliphatic heterocycles. The van der Waals surface area contributed by atoms with Crippen molar-refractivity contribution >= 4 is 18.0 Å². The van der Waals surface area contributed by atoms with Crippen molar-refractivity contribution in [3.05, 3.63) is 29.7 Å². The molecule has 0 saturated carbocycles. The fourth-order valence-corrected chi connectivity index (χ4v) is 3.17. The van der Waals surface area contributed by atoms with Crippen LogP contribution in [-0.2, 0) is 9.59 Å². The van der Waals surface area contributed by atoms with Crippen LogP contribution in [0.25, 0.3) is 0 Å². The largest absolute Gasteiger partial charge is 0.369 e. The molecule has 1 amide bonds. The molecule has 0 aromatic carbocycles. The third-order valence-electron chi connectivity index (χ3n) is 4.96. The van der Waals surface area contributed by atoms with Crippen molar-refractivity contribution in [2.75, 3.05) is 52.6 Å². The van der Waals surface area contributed by atoms with Gasteiger partial charge >= 0.3 is 0 Å². The number of nitrogens with one attached hydrogen (secondary N) is 2. The highest BCUT2D eigenvalue weighted by Crippen LogP contribution is 2.14. The minimum absolute atomic E-state index is 0.0444. The highest BCUT2D eigenvalue weighted by atomic mass is 16.2. The van der Waals surface area contributed by atoms with Crippen LogP contribution in [0.15, 0.2) is 18.3 Å². The van der Waals surface area contributed by atoms with Crippen LogP contribution in [0.4, 0.5) is 5.82 Å². The number of hydrogen-bond acceptors (Lipinski definition) is 7. The number of carbonyl (C=O) groups is 2. The summed E-state index contributed by atoms with van der Waals surface area (Å²) in [6, 6.07) is 0.0444. The second kappa shape index (κ2) is 21.5. The molecule has 1 atom stereocenters. The number of hydrogen-bond donors (Lipinski definition) is 2. The minimum atomic E-state index is 0.0444. The number of aryl methyl sites for hydroxylation is 1. The smallest absolute Gasteiger partial charge is 0.237 e. The normalized spacial score (nSPS) is 14.7. The van der Waals surface area contributed by atoms with E-state index in [1.165, 1.54) is 12.5 Å². The van der Waals surface area contributed by atoms with Crippen molar-refractivity contribution in [3.8, 4) is 11.8 Å². The van der Waals surface area contributed by atoms with E-state index in [9.17, 15) is 9.59 Å². The summed E-state index contributed by atoms with van der Waals surface area (Å²) in [5, 5.41) is 6.31. The Kier molecular flexibility index (Phi) is 19.9. The zero-order chi connectivity index (χ0) is 27.2. The molecule has 2 rings (SSSR count). The Balaban J connectivity index is 0.000000936. The number of likely N-dealkylation sites (tertiary alicyclic amines) is 1. The maximum Gasteiger partial charge on any atom is 0.237 e. The molecule has 1 aliphatic rings. The van der Waals surface area contributed by atoms with E-state index >= 15 is 0 Å². The number of anilines is 1. The van der Waals surface area contributed by atoms with E-state index < -0.39 is 0 Å². The summed E-state index contributed by atoms with van der Waals surface area (Å²) in [5.41, 5.74) is 0.829. The number of amides is 1. The molecule has 8 nitrogen and oxygen atoms in total. The Morgan fingerprint density at radius 3 is 2.58 bits per heavy atom. The van der Waals surface area contributed by atoms with Gasteiger partial charge in [-0.1, -0.05) is 45.1 Å². The lowest BCUT2D eigenvalue weighted by Crippen LogP contribution is -2.41. The summed E-state index contributed by atoms with van der Waals surface area (Å²) < 4.78 is 0. The number of carbonyl (C=O) groups excluding carboxylic acids is 2. The maximum absolute atomic E-state index is 12.1. The van der Waals surface area contributed by atoms with Crippen molar-refractivity contribution in [1.29, 1.82) is 0 Å². The van der Waals surface area contributed by atoms with Crippen LogP contribution in [-0.4, -0.2) is 85.3 Å². The second-order valence-electron chi connectivity index (χ2n) is 8.97. The topological polar surface area (TPSA) is 90.5 Å². The molecule has 1 aromatic heterocycles. The number of likely N-dealkylation sites (N-methyl/N-ethyl adjacent to an activating group) is 2. The molecule has 2 N–H and O–H groups in total. The molecule has 2 heterocycles. The van der Waals surface area contributed by atoms with E-state index in [0.29, 0.717) is 6.54 Å².